The highest BCUT2D eigenvalue weighted by molar-refractivity contribution is 6.14. The van der Waals surface area contributed by atoms with E-state index < -0.39 is 5.97 Å². The highest BCUT2D eigenvalue weighted by Crippen LogP contribution is 2.46. The van der Waals surface area contributed by atoms with Gasteiger partial charge in [0.15, 0.2) is 11.6 Å². The Hall–Kier alpha value is -5.23. The average molecular weight is 571 g/mol. The number of aromatic carboxylic acids is 1. The Morgan fingerprint density at radius 2 is 1.33 bits per heavy atom. The number of rotatable bonds is 10. The number of anilines is 4. The number of hydrogen-bond acceptors (Lipinski definition) is 5. The molecule has 0 aromatic heterocycles. The van der Waals surface area contributed by atoms with E-state index in [0.29, 0.717) is 40.3 Å². The van der Waals surface area contributed by atoms with Gasteiger partial charge in [-0.1, -0.05) is 84.0 Å². The summed E-state index contributed by atoms with van der Waals surface area (Å²) < 4.78 is 0. The van der Waals surface area contributed by atoms with Gasteiger partial charge in [-0.05, 0) is 63.9 Å². The zero-order valence-electron chi connectivity index (χ0n) is 24.6. The molecule has 5 rings (SSSR count). The van der Waals surface area contributed by atoms with Crippen molar-refractivity contribution in [2.45, 2.75) is 33.6 Å². The summed E-state index contributed by atoms with van der Waals surface area (Å²) in [5.74, 6) is -1.51. The lowest BCUT2D eigenvalue weighted by atomic mass is 9.95. The first-order valence-corrected chi connectivity index (χ1v) is 14.3. The molecule has 0 radical (unpaired) electrons. The second-order valence-electron chi connectivity index (χ2n) is 11.0. The molecule has 0 amide bonds. The van der Waals surface area contributed by atoms with Crippen LogP contribution in [0.2, 0.25) is 0 Å². The summed E-state index contributed by atoms with van der Waals surface area (Å²) >= 11 is 0. The highest BCUT2D eigenvalue weighted by Gasteiger charge is 2.29. The van der Waals surface area contributed by atoms with Crippen LogP contribution in [-0.2, 0) is 0 Å². The maximum atomic E-state index is 13.5. The van der Waals surface area contributed by atoms with E-state index in [-0.39, 0.29) is 22.7 Å². The van der Waals surface area contributed by atoms with Crippen molar-refractivity contribution >= 4 is 40.3 Å². The lowest BCUT2D eigenvalue weighted by molar-refractivity contribution is 0.0697. The van der Waals surface area contributed by atoms with Gasteiger partial charge in [0, 0.05) is 28.8 Å². The zero-order valence-corrected chi connectivity index (χ0v) is 24.6. The summed E-state index contributed by atoms with van der Waals surface area (Å²) in [4.78, 5) is 41.4. The molecule has 0 saturated heterocycles. The van der Waals surface area contributed by atoms with Crippen molar-refractivity contribution in [1.29, 1.82) is 0 Å². The van der Waals surface area contributed by atoms with Crippen LogP contribution in [-0.4, -0.2) is 29.2 Å². The van der Waals surface area contributed by atoms with Crippen molar-refractivity contribution in [3.8, 4) is 0 Å². The van der Waals surface area contributed by atoms with Crippen LogP contribution >= 0.6 is 0 Å². The second kappa shape index (κ2) is 12.7. The number of fused-ring (bicyclic) bond motifs is 2. The maximum absolute atomic E-state index is 13.5. The third kappa shape index (κ3) is 6.49. The fourth-order valence-corrected chi connectivity index (χ4v) is 5.18. The van der Waals surface area contributed by atoms with Crippen LogP contribution in [0.3, 0.4) is 0 Å². The quantitative estimate of drug-likeness (QED) is 0.146. The van der Waals surface area contributed by atoms with Crippen molar-refractivity contribution in [3.05, 3.63) is 142 Å². The van der Waals surface area contributed by atoms with Crippen molar-refractivity contribution in [1.82, 2.24) is 0 Å². The third-order valence-corrected chi connectivity index (χ3v) is 7.50. The van der Waals surface area contributed by atoms with Crippen LogP contribution in [0.4, 0.5) is 22.7 Å². The molecule has 1 heterocycles. The molecule has 1 aliphatic rings. The molecule has 43 heavy (non-hydrogen) atoms. The predicted molar refractivity (Wildman–Crippen MR) is 172 cm³/mol. The summed E-state index contributed by atoms with van der Waals surface area (Å²) in [7, 11) is 0. The Morgan fingerprint density at radius 3 is 1.93 bits per heavy atom. The number of allylic oxidation sites excluding steroid dienone is 3. The number of carbonyl (C=O) groups is 3. The molecule has 0 saturated carbocycles. The minimum Gasteiger partial charge on any atom is -0.478 e. The summed E-state index contributed by atoms with van der Waals surface area (Å²) in [6.07, 6.45) is 6.13. The molecule has 4 aromatic carbocycles. The first kappa shape index (κ1) is 29.3. The fraction of sp³-hybridized carbons (Fsp3) is 0.162. The van der Waals surface area contributed by atoms with Gasteiger partial charge in [0.05, 0.1) is 28.3 Å². The molecule has 0 spiro atoms. The van der Waals surface area contributed by atoms with Crippen LogP contribution in [0.25, 0.3) is 0 Å². The Kier molecular flexibility index (Phi) is 8.67. The number of carbonyl (C=O) groups excluding carboxylic acids is 2. The molecule has 1 aliphatic heterocycles. The van der Waals surface area contributed by atoms with Gasteiger partial charge >= 0.3 is 5.97 Å². The van der Waals surface area contributed by atoms with Gasteiger partial charge in [-0.15, -0.1) is 0 Å². The number of nitrogens with zero attached hydrogens (tertiary/aromatic N) is 1. The van der Waals surface area contributed by atoms with Crippen LogP contribution in [0, 0.1) is 0 Å². The van der Waals surface area contributed by atoms with Crippen LogP contribution in [0.5, 0.6) is 0 Å². The normalized spacial score (nSPS) is 12.1. The monoisotopic (exact) mass is 570 g/mol. The van der Waals surface area contributed by atoms with E-state index in [0.717, 1.165) is 18.5 Å². The Bertz CT molecular complexity index is 1750. The lowest BCUT2D eigenvalue weighted by Crippen LogP contribution is -2.25. The van der Waals surface area contributed by atoms with E-state index >= 15 is 0 Å². The number of nitrogens with one attached hydrogen (secondary N) is 1. The third-order valence-electron chi connectivity index (χ3n) is 7.50. The molecule has 0 aliphatic carbocycles. The number of carboxylic acid groups (broad SMARTS) is 1. The molecular formula is C37H34N2O4. The van der Waals surface area contributed by atoms with Crippen molar-refractivity contribution in [3.63, 3.8) is 0 Å². The van der Waals surface area contributed by atoms with Gasteiger partial charge in [0.25, 0.3) is 0 Å². The fourth-order valence-electron chi connectivity index (χ4n) is 5.18. The number of carboxylic acids is 1. The topological polar surface area (TPSA) is 86.7 Å². The molecule has 216 valence electrons. The first-order valence-electron chi connectivity index (χ1n) is 14.3. The summed E-state index contributed by atoms with van der Waals surface area (Å²) in [6, 6.07) is 26.5. The molecule has 6 nitrogen and oxygen atoms in total. The van der Waals surface area contributed by atoms with Gasteiger partial charge in [-0.2, -0.15) is 0 Å². The molecule has 6 heteroatoms. The van der Waals surface area contributed by atoms with Crippen LogP contribution in [0.15, 0.2) is 114 Å². The van der Waals surface area contributed by atoms with Crippen molar-refractivity contribution in [2.24, 2.45) is 0 Å². The molecule has 0 fully saturated rings. The zero-order chi connectivity index (χ0) is 30.5. The minimum absolute atomic E-state index is 0.00105. The predicted octanol–water partition coefficient (Wildman–Crippen LogP) is 8.73. The van der Waals surface area contributed by atoms with E-state index in [4.69, 9.17) is 0 Å². The van der Waals surface area contributed by atoms with E-state index in [1.165, 1.54) is 17.2 Å². The SMILES string of the molecule is CC(C)=CCCC(C)=CCN1c2cc(C(=O)c3ccccc3)ccc2Nc2c(C(=O)O)cc(C(=O)c3ccccc3)cc21. The van der Waals surface area contributed by atoms with Gasteiger partial charge < -0.3 is 15.3 Å². The van der Waals surface area contributed by atoms with Crippen molar-refractivity contribution < 1.29 is 19.5 Å². The Labute approximate surface area is 252 Å². The van der Waals surface area contributed by atoms with Crippen molar-refractivity contribution in [2.75, 3.05) is 16.8 Å². The lowest BCUT2D eigenvalue weighted by Gasteiger charge is -2.35. The molecule has 0 unspecified atom stereocenters. The Balaban J connectivity index is 1.63. The number of ketones is 2. The number of hydrogen-bond donors (Lipinski definition) is 2. The van der Waals surface area contributed by atoms with Gasteiger partial charge in [-0.25, -0.2) is 4.79 Å². The van der Waals surface area contributed by atoms with Gasteiger partial charge in [0.1, 0.15) is 0 Å². The summed E-state index contributed by atoms with van der Waals surface area (Å²) in [5, 5.41) is 13.5. The summed E-state index contributed by atoms with van der Waals surface area (Å²) in [5.41, 5.74) is 6.67. The molecule has 2 N–H and O–H groups in total. The average Bonchev–Trinajstić information content (AvgIpc) is 3.02. The number of benzene rings is 4. The maximum Gasteiger partial charge on any atom is 0.337 e. The van der Waals surface area contributed by atoms with E-state index in [1.54, 1.807) is 48.5 Å². The standard InChI is InChI=1S/C37H34N2O4/c1-24(2)11-10-12-25(3)19-20-39-32-22-28(35(40)26-13-6-4-7-14-26)17-18-31(32)38-34-30(37(42)43)21-29(23-33(34)39)36(41)27-15-8-5-9-16-27/h4-9,11,13-19,21-23,38H,10,12,20H2,1-3H3,(H,42,43). The smallest absolute Gasteiger partial charge is 0.337 e. The summed E-state index contributed by atoms with van der Waals surface area (Å²) in [6.45, 7) is 6.66. The van der Waals surface area contributed by atoms with Gasteiger partial charge in [-0.3, -0.25) is 9.59 Å². The first-order chi connectivity index (χ1) is 20.7. The highest BCUT2D eigenvalue weighted by atomic mass is 16.4. The minimum atomic E-state index is -1.14. The second-order valence-corrected chi connectivity index (χ2v) is 11.0. The molecule has 0 atom stereocenters. The van der Waals surface area contributed by atoms with Crippen LogP contribution in [0.1, 0.15) is 75.8 Å². The van der Waals surface area contributed by atoms with E-state index in [9.17, 15) is 19.5 Å². The molecule has 4 aromatic rings. The molecule has 0 bridgehead atoms. The van der Waals surface area contributed by atoms with E-state index in [1.807, 2.05) is 41.3 Å². The van der Waals surface area contributed by atoms with Gasteiger partial charge in [0.2, 0.25) is 0 Å². The van der Waals surface area contributed by atoms with E-state index in [2.05, 4.69) is 38.2 Å². The Morgan fingerprint density at radius 1 is 0.721 bits per heavy atom. The largest absolute Gasteiger partial charge is 0.478 e. The van der Waals surface area contributed by atoms with Crippen LogP contribution < -0.4 is 10.2 Å². The molecular weight excluding hydrogens is 536 g/mol.